The SMILES string of the molecule is CC(=O)N[C@H]1[C@H](OC[C@H]2OC(O)[C@H](NC(C)=O)[C@@H](O[C@@H]3O[C@H](CO)[C@H](O)[C@H](O)[C@H]3O[C@@H]3O[C@@H](C)[C@@H](O)[C@@H](O)[C@@H]3O)[C@H]2O)O[C@H](CO)[C@@H](O[C@@H]2O[C@H](CO)[C@H](O[C@H]3O[C@H](CO)[C@H](O)[C@H](O[C@H]4O[C@H](CO)[C@H](O)[C@H](O)[C@H]4O[C@@H]4O[C@@H](C)[C@@H](O)[C@@H](O)[C@@H]4O)[C@H]3O)[C@H](O)[C@H]2O)[C@@H]1O. The third-order valence-electron chi connectivity index (χ3n) is 17.4. The lowest BCUT2D eigenvalue weighted by molar-refractivity contribution is -0.398. The van der Waals surface area contributed by atoms with Crippen LogP contribution in [0.2, 0.25) is 0 Å². The zero-order valence-electron chi connectivity index (χ0n) is 50.1. The van der Waals surface area contributed by atoms with Crippen molar-refractivity contribution in [1.82, 2.24) is 10.6 Å². The number of hydrogen-bond acceptors (Lipinski definition) is 39. The molecule has 0 bridgehead atoms. The third kappa shape index (κ3) is 16.4. The summed E-state index contributed by atoms with van der Waals surface area (Å²) in [5.74, 6) is -1.67. The second-order valence-electron chi connectivity index (χ2n) is 23.9. The summed E-state index contributed by atoms with van der Waals surface area (Å²) in [6.45, 7) is -1.41. The summed E-state index contributed by atoms with van der Waals surface area (Å²) >= 11 is 0. The predicted octanol–water partition coefficient (Wildman–Crippen LogP) is -16.1. The molecular weight excluding hydrogens is 1280 g/mol. The minimum absolute atomic E-state index is 0.822. The molecule has 8 heterocycles. The van der Waals surface area contributed by atoms with Crippen molar-refractivity contribution < 1.29 is 193 Å². The van der Waals surface area contributed by atoms with Crippen LogP contribution >= 0.6 is 0 Å². The highest BCUT2D eigenvalue weighted by Gasteiger charge is 2.59. The molecule has 1 unspecified atom stereocenters. The number of hydrogen-bond donors (Lipinski definition) is 24. The summed E-state index contributed by atoms with van der Waals surface area (Å²) in [7, 11) is 0. The Hall–Kier alpha value is -2.54. The van der Waals surface area contributed by atoms with Gasteiger partial charge in [-0.1, -0.05) is 0 Å². The van der Waals surface area contributed by atoms with Crippen molar-refractivity contribution >= 4 is 11.8 Å². The Balaban J connectivity index is 0.948. The van der Waals surface area contributed by atoms with Crippen molar-refractivity contribution in [3.63, 3.8) is 0 Å². The predicted molar refractivity (Wildman–Crippen MR) is 285 cm³/mol. The minimum Gasteiger partial charge on any atom is -0.394 e. The van der Waals surface area contributed by atoms with Gasteiger partial charge in [0, 0.05) is 13.8 Å². The second kappa shape index (κ2) is 32.6. The molecule has 40 atom stereocenters. The van der Waals surface area contributed by atoms with Gasteiger partial charge in [-0.2, -0.15) is 0 Å². The van der Waals surface area contributed by atoms with Gasteiger partial charge in [0.2, 0.25) is 11.8 Å². The van der Waals surface area contributed by atoms with Crippen LogP contribution < -0.4 is 10.6 Å². The Kier molecular flexibility index (Phi) is 26.7. The van der Waals surface area contributed by atoms with E-state index in [1.165, 1.54) is 13.8 Å². The van der Waals surface area contributed by atoms with E-state index in [9.17, 15) is 122 Å². The number of rotatable bonds is 22. The summed E-state index contributed by atoms with van der Waals surface area (Å²) in [5.41, 5.74) is 0. The molecule has 41 nitrogen and oxygen atoms in total. The Morgan fingerprint density at radius 2 is 0.634 bits per heavy atom. The van der Waals surface area contributed by atoms with E-state index in [0.717, 1.165) is 13.8 Å². The topological polar surface area (TPSA) is 642 Å². The molecule has 2 amide bonds. The van der Waals surface area contributed by atoms with Crippen LogP contribution in [0.25, 0.3) is 0 Å². The molecule has 0 radical (unpaired) electrons. The Bertz CT molecular complexity index is 2350. The summed E-state index contributed by atoms with van der Waals surface area (Å²) in [4.78, 5) is 25.2. The van der Waals surface area contributed by atoms with E-state index in [4.69, 9.17) is 71.1 Å². The zero-order chi connectivity index (χ0) is 68.5. The lowest BCUT2D eigenvalue weighted by Gasteiger charge is -2.50. The van der Waals surface area contributed by atoms with E-state index in [2.05, 4.69) is 10.6 Å². The first kappa shape index (κ1) is 76.2. The van der Waals surface area contributed by atoms with E-state index >= 15 is 0 Å². The van der Waals surface area contributed by atoms with Crippen LogP contribution in [0, 0.1) is 0 Å². The summed E-state index contributed by atoms with van der Waals surface area (Å²) in [6.07, 6.45) is -72.2. The van der Waals surface area contributed by atoms with Gasteiger partial charge < -0.3 is 194 Å². The van der Waals surface area contributed by atoms with Crippen LogP contribution in [0.5, 0.6) is 0 Å². The van der Waals surface area contributed by atoms with Crippen LogP contribution in [0.1, 0.15) is 27.7 Å². The molecule has 0 spiro atoms. The van der Waals surface area contributed by atoms with Gasteiger partial charge in [-0.25, -0.2) is 0 Å². The van der Waals surface area contributed by atoms with Gasteiger partial charge in [0.05, 0.1) is 51.8 Å². The molecular formula is C52H88N2O39. The molecule has 0 saturated carbocycles. The number of ether oxygens (including phenoxy) is 15. The van der Waals surface area contributed by atoms with Crippen molar-refractivity contribution in [2.75, 3.05) is 39.6 Å². The largest absolute Gasteiger partial charge is 0.394 e. The molecule has 41 heteroatoms. The molecule has 8 saturated heterocycles. The molecule has 0 aromatic heterocycles. The van der Waals surface area contributed by atoms with Gasteiger partial charge in [-0.05, 0) is 13.8 Å². The maximum Gasteiger partial charge on any atom is 0.217 e. The van der Waals surface area contributed by atoms with Crippen molar-refractivity contribution in [1.29, 1.82) is 0 Å². The standard InChI is InChI=1S/C52H88N2O39/c1-11-23(62)30(69)35(74)47(80-11)92-43-32(71)25(64)15(5-55)84-51(43)90-41-22(54-14(4)61)45(78)82-20(28(41)67)10-79-46-21(53-13(3)60)29(68)39(18(8-58)86-46)88-49-37(76)34(73)40(19(9-59)87-49)89-50-38(77)42(27(66)17(7-57)83-50)91-52-44(33(72)26(65)16(6-56)85-52)93-48-36(75)31(70)24(63)12(2)81-48/h11-12,15-52,55-59,62-78H,5-10H2,1-4H3,(H,53,60)(H,54,61)/t11-,12-,15+,16+,17+,18+,19+,20+,21+,22+,23+,24+,25-,26-,27-,28-,29+,30+,31+,32-,33-,34+,35-,36-,37+,38+,39+,40-,41+,42-,43+,44+,45?,46+,47-,48-,49-,50+,51-,52+/m0/s1. The Morgan fingerprint density at radius 1 is 0.301 bits per heavy atom. The minimum atomic E-state index is -2.28. The average Bonchev–Trinajstić information content (AvgIpc) is 0.784. The lowest BCUT2D eigenvalue weighted by Crippen LogP contribution is -2.69. The summed E-state index contributed by atoms with van der Waals surface area (Å²) in [6, 6.07) is -3.47. The molecule has 24 N–H and O–H groups in total. The fourth-order valence-corrected chi connectivity index (χ4v) is 12.0. The van der Waals surface area contributed by atoms with Gasteiger partial charge in [-0.3, -0.25) is 9.59 Å². The van der Waals surface area contributed by atoms with E-state index in [1.807, 2.05) is 0 Å². The maximum atomic E-state index is 12.7. The maximum absolute atomic E-state index is 12.7. The van der Waals surface area contributed by atoms with Gasteiger partial charge in [0.1, 0.15) is 183 Å². The highest BCUT2D eigenvalue weighted by Crippen LogP contribution is 2.38. The Labute approximate surface area is 527 Å². The first-order valence-electron chi connectivity index (χ1n) is 29.9. The molecule has 93 heavy (non-hydrogen) atoms. The smallest absolute Gasteiger partial charge is 0.217 e. The Morgan fingerprint density at radius 3 is 1.10 bits per heavy atom. The van der Waals surface area contributed by atoms with E-state index in [1.54, 1.807) is 0 Å². The molecule has 0 aromatic rings. The highest BCUT2D eigenvalue weighted by atomic mass is 16.8. The third-order valence-corrected chi connectivity index (χ3v) is 17.4. The molecule has 0 aliphatic carbocycles. The van der Waals surface area contributed by atoms with Crippen molar-refractivity contribution in [2.45, 2.75) is 273 Å². The number of nitrogens with one attached hydrogen (secondary N) is 2. The average molecular weight is 1370 g/mol. The van der Waals surface area contributed by atoms with Crippen LogP contribution in [0.4, 0.5) is 0 Å². The monoisotopic (exact) mass is 1360 g/mol. The van der Waals surface area contributed by atoms with Crippen LogP contribution in [-0.2, 0) is 80.6 Å². The second-order valence-corrected chi connectivity index (χ2v) is 23.9. The number of aliphatic hydroxyl groups excluding tert-OH is 22. The van der Waals surface area contributed by atoms with Gasteiger partial charge in [-0.15, -0.1) is 0 Å². The van der Waals surface area contributed by atoms with Crippen LogP contribution in [-0.4, -0.2) is 409 Å². The number of carbonyl (C=O) groups is 2. The van der Waals surface area contributed by atoms with Gasteiger partial charge in [0.15, 0.2) is 50.3 Å². The van der Waals surface area contributed by atoms with Crippen molar-refractivity contribution in [2.24, 2.45) is 0 Å². The van der Waals surface area contributed by atoms with E-state index < -0.39 is 297 Å². The quantitative estimate of drug-likeness (QED) is 0.0479. The van der Waals surface area contributed by atoms with Gasteiger partial charge in [0.25, 0.3) is 0 Å². The molecule has 8 aliphatic heterocycles. The first-order valence-corrected chi connectivity index (χ1v) is 29.9. The van der Waals surface area contributed by atoms with E-state index in [0.29, 0.717) is 0 Å². The fraction of sp³-hybridized carbons (Fsp3) is 0.962. The highest BCUT2D eigenvalue weighted by molar-refractivity contribution is 5.73. The van der Waals surface area contributed by atoms with Crippen LogP contribution in [0.15, 0.2) is 0 Å². The first-order chi connectivity index (χ1) is 43.9. The van der Waals surface area contributed by atoms with Crippen molar-refractivity contribution in [3.05, 3.63) is 0 Å². The zero-order valence-corrected chi connectivity index (χ0v) is 50.1. The van der Waals surface area contributed by atoms with Crippen LogP contribution in [0.3, 0.4) is 0 Å². The van der Waals surface area contributed by atoms with Gasteiger partial charge >= 0.3 is 0 Å². The summed E-state index contributed by atoms with van der Waals surface area (Å²) < 4.78 is 86.4. The van der Waals surface area contributed by atoms with E-state index in [-0.39, 0.29) is 0 Å². The molecule has 0 aromatic carbocycles. The lowest BCUT2D eigenvalue weighted by atomic mass is 9.94. The molecule has 8 rings (SSSR count). The fourth-order valence-electron chi connectivity index (χ4n) is 12.0. The number of carbonyl (C=O) groups excluding carboxylic acids is 2. The molecule has 8 fully saturated rings. The number of amides is 2. The summed E-state index contributed by atoms with van der Waals surface area (Å²) in [5, 5.41) is 244. The normalized spacial score (nSPS) is 51.6. The number of aliphatic hydroxyl groups is 22. The molecule has 8 aliphatic rings. The molecule has 540 valence electrons. The van der Waals surface area contributed by atoms with Crippen molar-refractivity contribution in [3.8, 4) is 0 Å².